The number of hydrogen-bond acceptors (Lipinski definition) is 0. The number of unbranched alkanes of at least 4 members (excludes halogenated alkanes) is 2. The van der Waals surface area contributed by atoms with Crippen molar-refractivity contribution in [2.24, 2.45) is 11.8 Å². The van der Waals surface area contributed by atoms with Crippen LogP contribution in [0.1, 0.15) is 64.7 Å². The van der Waals surface area contributed by atoms with Crippen molar-refractivity contribution < 1.29 is 0 Å². The average molecular weight is 261 g/mol. The van der Waals surface area contributed by atoms with Crippen molar-refractivity contribution in [3.8, 4) is 0 Å². The molecule has 0 bridgehead atoms. The summed E-state index contributed by atoms with van der Waals surface area (Å²) in [7, 11) is 0. The summed E-state index contributed by atoms with van der Waals surface area (Å²) in [6.45, 7) is 2.30. The maximum absolute atomic E-state index is 3.55. The molecule has 0 aromatic carbocycles. The van der Waals surface area contributed by atoms with E-state index >= 15 is 0 Å². The zero-order valence-corrected chi connectivity index (χ0v) is 11.2. The molecule has 0 nitrogen and oxygen atoms in total. The molecule has 0 amide bonds. The van der Waals surface area contributed by atoms with Crippen LogP contribution in [0.15, 0.2) is 0 Å². The van der Waals surface area contributed by atoms with Gasteiger partial charge in [0.1, 0.15) is 0 Å². The minimum Gasteiger partial charge on any atom is -0.0928 e. The molecule has 0 spiro atoms. The van der Waals surface area contributed by atoms with Crippen molar-refractivity contribution in [3.63, 3.8) is 0 Å². The van der Waals surface area contributed by atoms with Crippen molar-refractivity contribution in [3.05, 3.63) is 0 Å². The first-order valence-corrected chi connectivity index (χ1v) is 7.55. The highest BCUT2D eigenvalue weighted by Crippen LogP contribution is 2.33. The highest BCUT2D eigenvalue weighted by molar-refractivity contribution is 9.09. The van der Waals surface area contributed by atoms with E-state index in [1.807, 2.05) is 0 Å². The average Bonchev–Trinajstić information content (AvgIpc) is 2.21. The minimum atomic E-state index is 1.04. The van der Waals surface area contributed by atoms with Crippen LogP contribution >= 0.6 is 15.9 Å². The van der Waals surface area contributed by atoms with Crippen molar-refractivity contribution in [1.29, 1.82) is 0 Å². The molecule has 0 aromatic heterocycles. The fourth-order valence-corrected chi connectivity index (χ4v) is 3.29. The Bertz CT molecular complexity index is 125. The van der Waals surface area contributed by atoms with Gasteiger partial charge in [-0.3, -0.25) is 0 Å². The second-order valence-corrected chi connectivity index (χ2v) is 5.65. The molecule has 1 aliphatic carbocycles. The van der Waals surface area contributed by atoms with Crippen LogP contribution in [0.5, 0.6) is 0 Å². The topological polar surface area (TPSA) is 0 Å². The van der Waals surface area contributed by atoms with Gasteiger partial charge >= 0.3 is 0 Å². The van der Waals surface area contributed by atoms with E-state index in [1.165, 1.54) is 63.1 Å². The zero-order chi connectivity index (χ0) is 10.2. The molecule has 84 valence electrons. The molecule has 0 aromatic rings. The second-order valence-electron chi connectivity index (χ2n) is 4.86. The lowest BCUT2D eigenvalue weighted by molar-refractivity contribution is 0.255. The fraction of sp³-hybridized carbons (Fsp3) is 1.00. The Morgan fingerprint density at radius 2 is 1.50 bits per heavy atom. The molecule has 1 rings (SSSR count). The summed E-state index contributed by atoms with van der Waals surface area (Å²) in [4.78, 5) is 0. The van der Waals surface area contributed by atoms with Gasteiger partial charge in [0.05, 0.1) is 0 Å². The monoisotopic (exact) mass is 260 g/mol. The highest BCUT2D eigenvalue weighted by Gasteiger charge is 2.19. The second kappa shape index (κ2) is 7.73. The third-order valence-corrected chi connectivity index (χ3v) is 4.16. The van der Waals surface area contributed by atoms with Gasteiger partial charge in [0.2, 0.25) is 0 Å². The summed E-state index contributed by atoms with van der Waals surface area (Å²) >= 11 is 3.55. The van der Waals surface area contributed by atoms with Gasteiger partial charge in [0, 0.05) is 5.33 Å². The van der Waals surface area contributed by atoms with Crippen LogP contribution in [0, 0.1) is 11.8 Å². The van der Waals surface area contributed by atoms with Gasteiger partial charge in [0.15, 0.2) is 0 Å². The SMILES string of the molecule is CCCCCC1CCC(CCBr)CC1. The van der Waals surface area contributed by atoms with E-state index in [-0.39, 0.29) is 0 Å². The van der Waals surface area contributed by atoms with Gasteiger partial charge in [-0.2, -0.15) is 0 Å². The van der Waals surface area contributed by atoms with Crippen molar-refractivity contribution >= 4 is 15.9 Å². The van der Waals surface area contributed by atoms with E-state index in [0.29, 0.717) is 0 Å². The Labute approximate surface area is 98.0 Å². The van der Waals surface area contributed by atoms with E-state index in [9.17, 15) is 0 Å². The molecule has 0 N–H and O–H groups in total. The molecule has 0 heterocycles. The van der Waals surface area contributed by atoms with Crippen molar-refractivity contribution in [1.82, 2.24) is 0 Å². The van der Waals surface area contributed by atoms with Gasteiger partial charge in [-0.15, -0.1) is 0 Å². The lowest BCUT2D eigenvalue weighted by Crippen LogP contribution is -2.14. The molecule has 1 saturated carbocycles. The van der Waals surface area contributed by atoms with Crippen LogP contribution in [0.3, 0.4) is 0 Å². The number of alkyl halides is 1. The summed E-state index contributed by atoms with van der Waals surface area (Å²) in [5.41, 5.74) is 0. The normalized spacial score (nSPS) is 27.9. The first-order chi connectivity index (χ1) is 6.86. The third kappa shape index (κ3) is 4.82. The van der Waals surface area contributed by atoms with E-state index in [1.54, 1.807) is 0 Å². The number of rotatable bonds is 6. The van der Waals surface area contributed by atoms with Crippen LogP contribution in [-0.2, 0) is 0 Å². The standard InChI is InChI=1S/C13H25Br/c1-2-3-4-5-12-6-8-13(9-7-12)10-11-14/h12-13H,2-11H2,1H3. The lowest BCUT2D eigenvalue weighted by Gasteiger charge is -2.28. The fourth-order valence-electron chi connectivity index (χ4n) is 2.65. The van der Waals surface area contributed by atoms with E-state index in [0.717, 1.165) is 11.8 Å². The first kappa shape index (κ1) is 12.5. The Hall–Kier alpha value is 0.480. The quantitative estimate of drug-likeness (QED) is 0.457. The maximum Gasteiger partial charge on any atom is 0.00339 e. The van der Waals surface area contributed by atoms with Crippen LogP contribution in [-0.4, -0.2) is 5.33 Å². The van der Waals surface area contributed by atoms with Crippen molar-refractivity contribution in [2.45, 2.75) is 64.7 Å². The largest absolute Gasteiger partial charge is 0.0928 e. The summed E-state index contributed by atoms with van der Waals surface area (Å²) in [5, 5.41) is 1.21. The Balaban J connectivity index is 2.03. The van der Waals surface area contributed by atoms with Crippen LogP contribution in [0.25, 0.3) is 0 Å². The maximum atomic E-state index is 3.55. The van der Waals surface area contributed by atoms with Crippen molar-refractivity contribution in [2.75, 3.05) is 5.33 Å². The first-order valence-electron chi connectivity index (χ1n) is 6.42. The van der Waals surface area contributed by atoms with Gasteiger partial charge in [-0.1, -0.05) is 74.2 Å². The molecular formula is C13H25Br. The number of hydrogen-bond donors (Lipinski definition) is 0. The molecule has 0 atom stereocenters. The molecule has 1 aliphatic rings. The Morgan fingerprint density at radius 3 is 2.00 bits per heavy atom. The predicted octanol–water partition coefficient (Wildman–Crippen LogP) is 5.16. The Morgan fingerprint density at radius 1 is 0.929 bits per heavy atom. The van der Waals surface area contributed by atoms with Gasteiger partial charge < -0.3 is 0 Å². The molecule has 1 heteroatoms. The molecule has 0 aliphatic heterocycles. The molecule has 14 heavy (non-hydrogen) atoms. The summed E-state index contributed by atoms with van der Waals surface area (Å²) in [6, 6.07) is 0. The van der Waals surface area contributed by atoms with Gasteiger partial charge in [-0.25, -0.2) is 0 Å². The van der Waals surface area contributed by atoms with Crippen LogP contribution in [0.2, 0.25) is 0 Å². The lowest BCUT2D eigenvalue weighted by atomic mass is 9.79. The van der Waals surface area contributed by atoms with Crippen LogP contribution in [0.4, 0.5) is 0 Å². The predicted molar refractivity (Wildman–Crippen MR) is 68.0 cm³/mol. The zero-order valence-electron chi connectivity index (χ0n) is 9.60. The van der Waals surface area contributed by atoms with E-state index in [2.05, 4.69) is 22.9 Å². The van der Waals surface area contributed by atoms with E-state index in [4.69, 9.17) is 0 Å². The molecule has 0 radical (unpaired) electrons. The smallest absolute Gasteiger partial charge is 0.00339 e. The van der Waals surface area contributed by atoms with Crippen LogP contribution < -0.4 is 0 Å². The van der Waals surface area contributed by atoms with E-state index < -0.39 is 0 Å². The molecule has 1 fully saturated rings. The summed E-state index contributed by atoms with van der Waals surface area (Å²) in [5.74, 6) is 2.12. The molecular weight excluding hydrogens is 236 g/mol. The summed E-state index contributed by atoms with van der Waals surface area (Å²) in [6.07, 6.45) is 13.2. The third-order valence-electron chi connectivity index (χ3n) is 3.70. The highest BCUT2D eigenvalue weighted by atomic mass is 79.9. The summed E-state index contributed by atoms with van der Waals surface area (Å²) < 4.78 is 0. The number of halogens is 1. The van der Waals surface area contributed by atoms with Gasteiger partial charge in [0.25, 0.3) is 0 Å². The molecule has 0 saturated heterocycles. The minimum absolute atomic E-state index is 1.04. The Kier molecular flexibility index (Phi) is 6.93. The van der Waals surface area contributed by atoms with Gasteiger partial charge in [-0.05, 0) is 18.3 Å². The molecule has 0 unspecified atom stereocenters.